The maximum Gasteiger partial charge on any atom is 0.216 e. The first-order chi connectivity index (χ1) is 7.68. The Bertz CT molecular complexity index is 203. The second-order valence-electron chi connectivity index (χ2n) is 4.27. The van der Waals surface area contributed by atoms with Crippen molar-refractivity contribution >= 4 is 5.91 Å². The number of rotatable bonds is 6. The van der Waals surface area contributed by atoms with Crippen LogP contribution in [-0.2, 0) is 9.53 Å². The summed E-state index contributed by atoms with van der Waals surface area (Å²) in [6.07, 6.45) is 2.18. The minimum Gasteiger partial charge on any atom is -0.378 e. The largest absolute Gasteiger partial charge is 0.378 e. The van der Waals surface area contributed by atoms with Crippen molar-refractivity contribution in [1.82, 2.24) is 10.2 Å². The molecule has 0 aromatic carbocycles. The standard InChI is InChI=1S/C11H23N3O2/c1-10(15)13-4-8-16-9-7-14-5-2-11(12)3-6-14/h11H,2-9,12H2,1H3,(H,13,15). The van der Waals surface area contributed by atoms with Crippen LogP contribution in [0.5, 0.6) is 0 Å². The Hall–Kier alpha value is -0.650. The Morgan fingerprint density at radius 1 is 1.44 bits per heavy atom. The normalized spacial score (nSPS) is 18.6. The van der Waals surface area contributed by atoms with Crippen molar-refractivity contribution in [2.24, 2.45) is 5.73 Å². The third-order valence-electron chi connectivity index (χ3n) is 2.80. The Morgan fingerprint density at radius 3 is 2.75 bits per heavy atom. The maximum atomic E-state index is 10.6. The molecule has 0 spiro atoms. The van der Waals surface area contributed by atoms with Crippen molar-refractivity contribution in [2.45, 2.75) is 25.8 Å². The van der Waals surface area contributed by atoms with Gasteiger partial charge in [0.05, 0.1) is 13.2 Å². The van der Waals surface area contributed by atoms with E-state index in [0.717, 1.165) is 39.1 Å². The quantitative estimate of drug-likeness (QED) is 0.606. The van der Waals surface area contributed by atoms with Crippen LogP contribution in [0.25, 0.3) is 0 Å². The van der Waals surface area contributed by atoms with Crippen LogP contribution in [0, 0.1) is 0 Å². The van der Waals surface area contributed by atoms with E-state index < -0.39 is 0 Å². The highest BCUT2D eigenvalue weighted by Crippen LogP contribution is 2.07. The average Bonchev–Trinajstić information content (AvgIpc) is 2.25. The molecular formula is C11H23N3O2. The number of nitrogens with zero attached hydrogens (tertiary/aromatic N) is 1. The number of likely N-dealkylation sites (tertiary alicyclic amines) is 1. The van der Waals surface area contributed by atoms with E-state index >= 15 is 0 Å². The highest BCUT2D eigenvalue weighted by atomic mass is 16.5. The number of nitrogens with two attached hydrogens (primary N) is 1. The molecule has 5 nitrogen and oxygen atoms in total. The second-order valence-corrected chi connectivity index (χ2v) is 4.27. The lowest BCUT2D eigenvalue weighted by molar-refractivity contribution is -0.119. The van der Waals surface area contributed by atoms with E-state index in [9.17, 15) is 4.79 Å². The summed E-state index contributed by atoms with van der Waals surface area (Å²) in [5.41, 5.74) is 5.82. The van der Waals surface area contributed by atoms with E-state index in [4.69, 9.17) is 10.5 Å². The van der Waals surface area contributed by atoms with Crippen molar-refractivity contribution in [1.29, 1.82) is 0 Å². The molecule has 0 atom stereocenters. The summed E-state index contributed by atoms with van der Waals surface area (Å²) in [5.74, 6) is -0.00591. The van der Waals surface area contributed by atoms with Crippen LogP contribution in [0.1, 0.15) is 19.8 Å². The zero-order chi connectivity index (χ0) is 11.8. The van der Waals surface area contributed by atoms with Crippen molar-refractivity contribution in [2.75, 3.05) is 39.4 Å². The SMILES string of the molecule is CC(=O)NCCOCCN1CCC(N)CC1. The van der Waals surface area contributed by atoms with E-state index in [-0.39, 0.29) is 5.91 Å². The Morgan fingerprint density at radius 2 is 2.12 bits per heavy atom. The van der Waals surface area contributed by atoms with Gasteiger partial charge in [-0.25, -0.2) is 0 Å². The van der Waals surface area contributed by atoms with Gasteiger partial charge in [0.15, 0.2) is 0 Å². The smallest absolute Gasteiger partial charge is 0.216 e. The summed E-state index contributed by atoms with van der Waals surface area (Å²) in [4.78, 5) is 12.9. The maximum absolute atomic E-state index is 10.6. The minimum absolute atomic E-state index is 0.00591. The van der Waals surface area contributed by atoms with Gasteiger partial charge in [-0.3, -0.25) is 4.79 Å². The van der Waals surface area contributed by atoms with Crippen LogP contribution >= 0.6 is 0 Å². The summed E-state index contributed by atoms with van der Waals surface area (Å²) >= 11 is 0. The molecule has 1 aliphatic heterocycles. The predicted octanol–water partition coefficient (Wildman–Crippen LogP) is -0.438. The van der Waals surface area contributed by atoms with Crippen LogP contribution in [-0.4, -0.2) is 56.2 Å². The Balaban J connectivity index is 1.89. The second kappa shape index (κ2) is 7.60. The fourth-order valence-electron chi connectivity index (χ4n) is 1.77. The van der Waals surface area contributed by atoms with Crippen LogP contribution < -0.4 is 11.1 Å². The molecule has 0 unspecified atom stereocenters. The van der Waals surface area contributed by atoms with Gasteiger partial charge < -0.3 is 20.7 Å². The number of hydrogen-bond donors (Lipinski definition) is 2. The monoisotopic (exact) mass is 229 g/mol. The van der Waals surface area contributed by atoms with E-state index in [2.05, 4.69) is 10.2 Å². The fourth-order valence-corrected chi connectivity index (χ4v) is 1.77. The van der Waals surface area contributed by atoms with Crippen LogP contribution in [0.3, 0.4) is 0 Å². The van der Waals surface area contributed by atoms with Gasteiger partial charge in [-0.1, -0.05) is 0 Å². The zero-order valence-corrected chi connectivity index (χ0v) is 10.1. The first kappa shape index (κ1) is 13.4. The summed E-state index contributed by atoms with van der Waals surface area (Å²) in [6, 6.07) is 0.386. The van der Waals surface area contributed by atoms with Crippen LogP contribution in [0.15, 0.2) is 0 Å². The molecule has 1 rings (SSSR count). The topological polar surface area (TPSA) is 67.6 Å². The number of carbonyl (C=O) groups is 1. The molecule has 5 heteroatoms. The summed E-state index contributed by atoms with van der Waals surface area (Å²) < 4.78 is 5.43. The van der Waals surface area contributed by atoms with Gasteiger partial charge in [-0.2, -0.15) is 0 Å². The van der Waals surface area contributed by atoms with Crippen LogP contribution in [0.2, 0.25) is 0 Å². The van der Waals surface area contributed by atoms with Gasteiger partial charge in [-0.15, -0.1) is 0 Å². The molecule has 3 N–H and O–H groups in total. The first-order valence-electron chi connectivity index (χ1n) is 5.98. The Labute approximate surface area is 97.3 Å². The molecule has 16 heavy (non-hydrogen) atoms. The van der Waals surface area contributed by atoms with Crippen molar-refractivity contribution in [3.8, 4) is 0 Å². The summed E-state index contributed by atoms with van der Waals surface area (Å²) in [5, 5.41) is 2.70. The van der Waals surface area contributed by atoms with Crippen molar-refractivity contribution in [3.05, 3.63) is 0 Å². The lowest BCUT2D eigenvalue weighted by atomic mass is 10.1. The number of amides is 1. The minimum atomic E-state index is -0.00591. The summed E-state index contributed by atoms with van der Waals surface area (Å²) in [6.45, 7) is 6.55. The van der Waals surface area contributed by atoms with E-state index in [1.807, 2.05) is 0 Å². The number of ether oxygens (including phenoxy) is 1. The molecule has 1 amide bonds. The third kappa shape index (κ3) is 6.05. The van der Waals surface area contributed by atoms with Crippen molar-refractivity contribution < 1.29 is 9.53 Å². The molecule has 0 aromatic heterocycles. The van der Waals surface area contributed by atoms with Gasteiger partial charge in [0.2, 0.25) is 5.91 Å². The average molecular weight is 229 g/mol. The lowest BCUT2D eigenvalue weighted by Gasteiger charge is -2.29. The predicted molar refractivity (Wildman–Crippen MR) is 63.2 cm³/mol. The number of piperidine rings is 1. The molecule has 94 valence electrons. The first-order valence-corrected chi connectivity index (χ1v) is 5.98. The third-order valence-corrected chi connectivity index (χ3v) is 2.80. The number of carbonyl (C=O) groups excluding carboxylic acids is 1. The molecule has 0 aliphatic carbocycles. The fraction of sp³-hybridized carbons (Fsp3) is 0.909. The van der Waals surface area contributed by atoms with Gasteiger partial charge in [0.1, 0.15) is 0 Å². The zero-order valence-electron chi connectivity index (χ0n) is 10.1. The van der Waals surface area contributed by atoms with Gasteiger partial charge in [-0.05, 0) is 25.9 Å². The Kier molecular flexibility index (Phi) is 6.37. The van der Waals surface area contributed by atoms with E-state index in [1.165, 1.54) is 6.92 Å². The molecule has 0 saturated carbocycles. The molecule has 0 bridgehead atoms. The molecule has 0 aromatic rings. The van der Waals surface area contributed by atoms with Gasteiger partial charge in [0.25, 0.3) is 0 Å². The van der Waals surface area contributed by atoms with E-state index in [0.29, 0.717) is 19.2 Å². The van der Waals surface area contributed by atoms with Crippen LogP contribution in [0.4, 0.5) is 0 Å². The molecule has 1 saturated heterocycles. The number of hydrogen-bond acceptors (Lipinski definition) is 4. The number of nitrogens with one attached hydrogen (secondary N) is 1. The molecule has 0 radical (unpaired) electrons. The lowest BCUT2D eigenvalue weighted by Crippen LogP contribution is -2.41. The molecule has 1 aliphatic rings. The van der Waals surface area contributed by atoms with E-state index in [1.54, 1.807) is 0 Å². The highest BCUT2D eigenvalue weighted by Gasteiger charge is 2.14. The molecular weight excluding hydrogens is 206 g/mol. The van der Waals surface area contributed by atoms with Gasteiger partial charge >= 0.3 is 0 Å². The molecule has 1 heterocycles. The highest BCUT2D eigenvalue weighted by molar-refractivity contribution is 5.72. The van der Waals surface area contributed by atoms with Gasteiger partial charge in [0, 0.05) is 26.1 Å². The summed E-state index contributed by atoms with van der Waals surface area (Å²) in [7, 11) is 0. The van der Waals surface area contributed by atoms with Crippen molar-refractivity contribution in [3.63, 3.8) is 0 Å². The molecule has 1 fully saturated rings.